The molecule has 110 valence electrons. The highest BCUT2D eigenvalue weighted by Gasteiger charge is 2.24. The summed E-state index contributed by atoms with van der Waals surface area (Å²) >= 11 is 0. The zero-order valence-electron chi connectivity index (χ0n) is 11.9. The molecule has 0 atom stereocenters. The summed E-state index contributed by atoms with van der Waals surface area (Å²) < 4.78 is 2.10. The minimum atomic E-state index is 0.149. The molecule has 0 spiro atoms. The van der Waals surface area contributed by atoms with E-state index in [4.69, 9.17) is 5.73 Å². The molecule has 6 heteroatoms. The van der Waals surface area contributed by atoms with Crippen LogP contribution >= 0.6 is 0 Å². The van der Waals surface area contributed by atoms with E-state index in [0.29, 0.717) is 26.1 Å². The summed E-state index contributed by atoms with van der Waals surface area (Å²) in [7, 11) is 0. The second-order valence-electron chi connectivity index (χ2n) is 5.17. The average Bonchev–Trinajstić information content (AvgIpc) is 2.96. The van der Waals surface area contributed by atoms with E-state index in [1.165, 1.54) is 0 Å². The summed E-state index contributed by atoms with van der Waals surface area (Å²) in [5.74, 6) is 1.87. The van der Waals surface area contributed by atoms with E-state index in [1.54, 1.807) is 0 Å². The minimum Gasteiger partial charge on any atom is -0.333 e. The molecule has 2 N–H and O–H groups in total. The Morgan fingerprint density at radius 2 is 2.00 bits per heavy atom. The topological polar surface area (TPSA) is 77.0 Å². The van der Waals surface area contributed by atoms with E-state index in [1.807, 2.05) is 35.2 Å². The Kier molecular flexibility index (Phi) is 3.96. The number of carbonyl (C=O) groups is 1. The van der Waals surface area contributed by atoms with Crippen LogP contribution in [0.3, 0.4) is 0 Å². The number of nitrogens with zero attached hydrogens (tertiary/aromatic N) is 4. The molecule has 2 aromatic rings. The van der Waals surface area contributed by atoms with E-state index >= 15 is 0 Å². The number of amides is 1. The molecule has 0 radical (unpaired) electrons. The molecular formula is C15H19N5O. The molecule has 1 aromatic carbocycles. The lowest BCUT2D eigenvalue weighted by Crippen LogP contribution is -2.38. The van der Waals surface area contributed by atoms with Crippen molar-refractivity contribution in [3.63, 3.8) is 0 Å². The number of aromatic nitrogens is 3. The van der Waals surface area contributed by atoms with Crippen LogP contribution in [-0.4, -0.2) is 38.7 Å². The fourth-order valence-electron chi connectivity index (χ4n) is 2.58. The molecule has 0 bridgehead atoms. The second-order valence-corrected chi connectivity index (χ2v) is 5.17. The van der Waals surface area contributed by atoms with Crippen LogP contribution in [0.2, 0.25) is 0 Å². The lowest BCUT2D eigenvalue weighted by Gasteiger charge is -2.28. The van der Waals surface area contributed by atoms with Gasteiger partial charge in [-0.1, -0.05) is 30.3 Å². The summed E-state index contributed by atoms with van der Waals surface area (Å²) in [6.07, 6.45) is 1.24. The summed E-state index contributed by atoms with van der Waals surface area (Å²) in [6, 6.07) is 10.0. The van der Waals surface area contributed by atoms with Crippen LogP contribution in [0.15, 0.2) is 30.3 Å². The molecule has 6 nitrogen and oxygen atoms in total. The lowest BCUT2D eigenvalue weighted by molar-refractivity contribution is -0.132. The average molecular weight is 285 g/mol. The summed E-state index contributed by atoms with van der Waals surface area (Å²) in [5, 5.41) is 8.52. The molecular weight excluding hydrogens is 266 g/mol. The highest BCUT2D eigenvalue weighted by molar-refractivity contribution is 5.76. The van der Waals surface area contributed by atoms with Gasteiger partial charge in [-0.25, -0.2) is 0 Å². The Balaban J connectivity index is 1.77. The quantitative estimate of drug-likeness (QED) is 0.910. The van der Waals surface area contributed by atoms with Crippen LogP contribution in [0.1, 0.15) is 18.7 Å². The molecule has 0 unspecified atom stereocenters. The number of fused-ring (bicyclic) bond motifs is 1. The predicted octanol–water partition coefficient (Wildman–Crippen LogP) is 1.03. The van der Waals surface area contributed by atoms with Crippen molar-refractivity contribution in [3.8, 4) is 11.4 Å². The molecule has 1 aliphatic heterocycles. The maximum atomic E-state index is 12.1. The third-order valence-corrected chi connectivity index (χ3v) is 3.73. The Bertz CT molecular complexity index is 622. The van der Waals surface area contributed by atoms with Gasteiger partial charge < -0.3 is 15.2 Å². The first-order valence-corrected chi connectivity index (χ1v) is 7.25. The van der Waals surface area contributed by atoms with Gasteiger partial charge in [0.2, 0.25) is 5.91 Å². The van der Waals surface area contributed by atoms with Gasteiger partial charge in [0.15, 0.2) is 11.6 Å². The summed E-state index contributed by atoms with van der Waals surface area (Å²) in [4.78, 5) is 13.9. The fraction of sp³-hybridized carbons (Fsp3) is 0.400. The number of hydrogen-bond donors (Lipinski definition) is 1. The third-order valence-electron chi connectivity index (χ3n) is 3.73. The van der Waals surface area contributed by atoms with Crippen LogP contribution in [0.25, 0.3) is 11.4 Å². The first kappa shape index (κ1) is 13.8. The number of nitrogens with two attached hydrogens (primary N) is 1. The molecule has 21 heavy (non-hydrogen) atoms. The minimum absolute atomic E-state index is 0.149. The monoisotopic (exact) mass is 285 g/mol. The molecule has 1 aromatic heterocycles. The van der Waals surface area contributed by atoms with Gasteiger partial charge in [-0.05, 0) is 13.0 Å². The molecule has 1 aliphatic rings. The number of rotatable bonds is 4. The summed E-state index contributed by atoms with van der Waals surface area (Å²) in [6.45, 7) is 2.52. The van der Waals surface area contributed by atoms with Gasteiger partial charge in [0.05, 0.1) is 6.54 Å². The molecule has 1 amide bonds. The second kappa shape index (κ2) is 6.05. The van der Waals surface area contributed by atoms with Crippen molar-refractivity contribution in [2.45, 2.75) is 25.9 Å². The number of hydrogen-bond acceptors (Lipinski definition) is 4. The highest BCUT2D eigenvalue weighted by Crippen LogP contribution is 2.21. The Hall–Kier alpha value is -2.21. The molecule has 2 heterocycles. The van der Waals surface area contributed by atoms with Gasteiger partial charge in [0, 0.05) is 25.1 Å². The predicted molar refractivity (Wildman–Crippen MR) is 79.2 cm³/mol. The van der Waals surface area contributed by atoms with E-state index in [2.05, 4.69) is 14.8 Å². The fourth-order valence-corrected chi connectivity index (χ4v) is 2.58. The Morgan fingerprint density at radius 3 is 2.76 bits per heavy atom. The van der Waals surface area contributed by atoms with Gasteiger partial charge >= 0.3 is 0 Å². The standard InChI is InChI=1S/C15H19N5O/c16-8-4-7-14(21)19-9-10-20-13(11-19)17-18-15(20)12-5-2-1-3-6-12/h1-3,5-6H,4,7-11,16H2. The highest BCUT2D eigenvalue weighted by atomic mass is 16.2. The smallest absolute Gasteiger partial charge is 0.223 e. The van der Waals surface area contributed by atoms with Crippen molar-refractivity contribution in [3.05, 3.63) is 36.2 Å². The van der Waals surface area contributed by atoms with Crippen molar-refractivity contribution >= 4 is 5.91 Å². The SMILES string of the molecule is NCCCC(=O)N1CCn2c(nnc2-c2ccccc2)C1. The van der Waals surface area contributed by atoms with Gasteiger partial charge in [-0.3, -0.25) is 4.79 Å². The van der Waals surface area contributed by atoms with Crippen molar-refractivity contribution in [2.24, 2.45) is 5.73 Å². The number of carbonyl (C=O) groups excluding carboxylic acids is 1. The van der Waals surface area contributed by atoms with Gasteiger partial charge in [0.25, 0.3) is 0 Å². The van der Waals surface area contributed by atoms with Crippen molar-refractivity contribution < 1.29 is 4.79 Å². The van der Waals surface area contributed by atoms with Crippen molar-refractivity contribution in [2.75, 3.05) is 13.1 Å². The summed E-state index contributed by atoms with van der Waals surface area (Å²) in [5.41, 5.74) is 6.51. The van der Waals surface area contributed by atoms with Crippen molar-refractivity contribution in [1.82, 2.24) is 19.7 Å². The van der Waals surface area contributed by atoms with Crippen LogP contribution in [0.5, 0.6) is 0 Å². The maximum absolute atomic E-state index is 12.1. The maximum Gasteiger partial charge on any atom is 0.223 e. The van der Waals surface area contributed by atoms with Crippen LogP contribution in [0.4, 0.5) is 0 Å². The van der Waals surface area contributed by atoms with Gasteiger partial charge in [-0.15, -0.1) is 10.2 Å². The van der Waals surface area contributed by atoms with Crippen LogP contribution in [0, 0.1) is 0 Å². The van der Waals surface area contributed by atoms with E-state index in [9.17, 15) is 4.79 Å². The first-order chi connectivity index (χ1) is 10.3. The largest absolute Gasteiger partial charge is 0.333 e. The van der Waals surface area contributed by atoms with Crippen molar-refractivity contribution in [1.29, 1.82) is 0 Å². The molecule has 0 saturated heterocycles. The van der Waals surface area contributed by atoms with E-state index in [0.717, 1.165) is 30.2 Å². The first-order valence-electron chi connectivity index (χ1n) is 7.25. The zero-order chi connectivity index (χ0) is 14.7. The normalized spacial score (nSPS) is 14.0. The molecule has 0 aliphatic carbocycles. The molecule has 3 rings (SSSR count). The van der Waals surface area contributed by atoms with Crippen LogP contribution in [-0.2, 0) is 17.9 Å². The van der Waals surface area contributed by atoms with Gasteiger partial charge in [-0.2, -0.15) is 0 Å². The van der Waals surface area contributed by atoms with E-state index in [-0.39, 0.29) is 5.91 Å². The third kappa shape index (κ3) is 2.80. The lowest BCUT2D eigenvalue weighted by atomic mass is 10.2. The number of benzene rings is 1. The van der Waals surface area contributed by atoms with Crippen LogP contribution < -0.4 is 5.73 Å². The Labute approximate surface area is 123 Å². The van der Waals surface area contributed by atoms with E-state index < -0.39 is 0 Å². The molecule has 0 fully saturated rings. The zero-order valence-corrected chi connectivity index (χ0v) is 11.9. The molecule has 0 saturated carbocycles. The Morgan fingerprint density at radius 1 is 1.19 bits per heavy atom. The van der Waals surface area contributed by atoms with Gasteiger partial charge in [0.1, 0.15) is 0 Å².